The van der Waals surface area contributed by atoms with Gasteiger partial charge < -0.3 is 19.5 Å². The highest BCUT2D eigenvalue weighted by atomic mass is 19.4. The molecule has 12 heteroatoms. The summed E-state index contributed by atoms with van der Waals surface area (Å²) < 4.78 is 81.0. The smallest absolute Gasteiger partial charge is 0.419 e. The highest BCUT2D eigenvalue weighted by molar-refractivity contribution is 5.94. The molecule has 2 fully saturated rings. The Morgan fingerprint density at radius 2 is 1.89 bits per heavy atom. The molecule has 0 aliphatic carbocycles. The molecule has 35 heavy (non-hydrogen) atoms. The number of fused-ring (bicyclic) bond motifs is 1. The van der Waals surface area contributed by atoms with Crippen LogP contribution in [0, 0.1) is 17.6 Å². The molecule has 0 amide bonds. The first-order chi connectivity index (χ1) is 16.6. The number of alkyl halides is 3. The van der Waals surface area contributed by atoms with Gasteiger partial charge in [-0.2, -0.15) is 18.3 Å². The molecule has 0 spiro atoms. The molecule has 4 heterocycles. The maximum absolute atomic E-state index is 14.7. The number of rotatable bonds is 4. The summed E-state index contributed by atoms with van der Waals surface area (Å²) in [5.41, 5.74) is -2.12. The van der Waals surface area contributed by atoms with E-state index in [0.717, 1.165) is 19.4 Å². The lowest BCUT2D eigenvalue weighted by molar-refractivity contribution is -0.140. The van der Waals surface area contributed by atoms with Crippen LogP contribution < -0.4 is 4.90 Å². The van der Waals surface area contributed by atoms with Crippen molar-refractivity contribution in [2.45, 2.75) is 25.1 Å². The molecule has 7 nitrogen and oxygen atoms in total. The molecule has 2 saturated heterocycles. The van der Waals surface area contributed by atoms with Crippen LogP contribution in [-0.4, -0.2) is 58.9 Å². The number of benzene rings is 1. The van der Waals surface area contributed by atoms with Gasteiger partial charge >= 0.3 is 6.18 Å². The third-order valence-corrected chi connectivity index (χ3v) is 6.61. The first-order valence-electron chi connectivity index (χ1n) is 11.2. The van der Waals surface area contributed by atoms with E-state index >= 15 is 0 Å². The van der Waals surface area contributed by atoms with Crippen LogP contribution in [0.15, 0.2) is 18.3 Å². The molecule has 5 rings (SSSR count). The Bertz CT molecular complexity index is 1260. The third kappa shape index (κ3) is 4.29. The fourth-order valence-electron chi connectivity index (χ4n) is 4.80. The van der Waals surface area contributed by atoms with Gasteiger partial charge in [0.2, 0.25) is 0 Å². The predicted molar refractivity (Wildman–Crippen MR) is 116 cm³/mol. The first-order valence-corrected chi connectivity index (χ1v) is 11.2. The minimum Gasteiger partial charge on any atom is -0.503 e. The Morgan fingerprint density at radius 1 is 1.11 bits per heavy atom. The summed E-state index contributed by atoms with van der Waals surface area (Å²) in [5, 5.41) is 14.2. The molecule has 2 unspecified atom stereocenters. The summed E-state index contributed by atoms with van der Waals surface area (Å²) in [6, 6.07) is 2.14. The van der Waals surface area contributed by atoms with Crippen molar-refractivity contribution in [3.05, 3.63) is 35.5 Å². The summed E-state index contributed by atoms with van der Waals surface area (Å²) in [6.07, 6.45) is -1.87. The van der Waals surface area contributed by atoms with Gasteiger partial charge in [0.05, 0.1) is 30.3 Å². The zero-order valence-corrected chi connectivity index (χ0v) is 18.8. The molecule has 2 aliphatic rings. The zero-order chi connectivity index (χ0) is 24.9. The standard InChI is InChI=1S/C23H23F5N4O3/c1-31-17-8-18(32-3-5-35-11-13(32)6-12-2-4-34-10-12)29-9-15(17)21(30-31)14-7-16(23(26,27)28)20(25)22(33)19(14)24/h7-9,12-13,33H,2-6,10-11H2,1H3. The van der Waals surface area contributed by atoms with Crippen molar-refractivity contribution in [2.75, 3.05) is 37.9 Å². The molecular weight excluding hydrogens is 475 g/mol. The predicted octanol–water partition coefficient (Wildman–Crippen LogP) is 4.27. The SMILES string of the molecule is Cn1nc(-c2cc(C(F)(F)F)c(F)c(O)c2F)c2cnc(N3CCOCC3CC3CCOC3)cc21. The van der Waals surface area contributed by atoms with Crippen LogP contribution in [0.5, 0.6) is 5.75 Å². The van der Waals surface area contributed by atoms with Gasteiger partial charge in [-0.1, -0.05) is 0 Å². The Morgan fingerprint density at radius 3 is 2.60 bits per heavy atom. The molecule has 2 atom stereocenters. The number of aromatic hydroxyl groups is 1. The lowest BCUT2D eigenvalue weighted by Gasteiger charge is -2.37. The van der Waals surface area contributed by atoms with Crippen molar-refractivity contribution < 1.29 is 36.5 Å². The van der Waals surface area contributed by atoms with Gasteiger partial charge in [-0.25, -0.2) is 13.8 Å². The number of phenols is 1. The molecular formula is C23H23F5N4O3. The van der Waals surface area contributed by atoms with Crippen LogP contribution >= 0.6 is 0 Å². The van der Waals surface area contributed by atoms with E-state index in [2.05, 4.69) is 15.0 Å². The van der Waals surface area contributed by atoms with Crippen molar-refractivity contribution in [3.63, 3.8) is 0 Å². The zero-order valence-electron chi connectivity index (χ0n) is 18.8. The van der Waals surface area contributed by atoms with Gasteiger partial charge in [0.1, 0.15) is 11.5 Å². The van der Waals surface area contributed by atoms with Crippen molar-refractivity contribution in [1.29, 1.82) is 0 Å². The van der Waals surface area contributed by atoms with E-state index in [0.29, 0.717) is 49.7 Å². The lowest BCUT2D eigenvalue weighted by atomic mass is 9.98. The maximum Gasteiger partial charge on any atom is 0.419 e. The maximum atomic E-state index is 14.7. The molecule has 0 bridgehead atoms. The Hall–Kier alpha value is -2.99. The van der Waals surface area contributed by atoms with Crippen molar-refractivity contribution in [3.8, 4) is 17.0 Å². The summed E-state index contributed by atoms with van der Waals surface area (Å²) in [6.45, 7) is 3.11. The average Bonchev–Trinajstić information content (AvgIpc) is 3.45. The third-order valence-electron chi connectivity index (χ3n) is 6.61. The highest BCUT2D eigenvalue weighted by Crippen LogP contribution is 2.42. The molecule has 2 aromatic heterocycles. The van der Waals surface area contributed by atoms with Crippen LogP contribution in [0.4, 0.5) is 27.8 Å². The van der Waals surface area contributed by atoms with Crippen molar-refractivity contribution >= 4 is 16.7 Å². The van der Waals surface area contributed by atoms with Gasteiger partial charge in [-0.05, 0) is 24.8 Å². The number of hydrogen-bond acceptors (Lipinski definition) is 6. The second-order valence-electron chi connectivity index (χ2n) is 8.87. The van der Waals surface area contributed by atoms with Crippen molar-refractivity contribution in [1.82, 2.24) is 14.8 Å². The van der Waals surface area contributed by atoms with Gasteiger partial charge in [-0.3, -0.25) is 4.68 Å². The van der Waals surface area contributed by atoms with Crippen LogP contribution in [-0.2, 0) is 22.7 Å². The molecule has 3 aromatic rings. The molecule has 2 aliphatic heterocycles. The summed E-state index contributed by atoms with van der Waals surface area (Å²) in [5.74, 6) is -4.23. The monoisotopic (exact) mass is 498 g/mol. The fourth-order valence-corrected chi connectivity index (χ4v) is 4.80. The largest absolute Gasteiger partial charge is 0.503 e. The Labute approximate surface area is 197 Å². The van der Waals surface area contributed by atoms with E-state index in [1.807, 2.05) is 0 Å². The van der Waals surface area contributed by atoms with E-state index < -0.39 is 34.7 Å². The summed E-state index contributed by atoms with van der Waals surface area (Å²) in [4.78, 5) is 6.63. The Balaban J connectivity index is 1.55. The summed E-state index contributed by atoms with van der Waals surface area (Å²) >= 11 is 0. The number of nitrogens with zero attached hydrogens (tertiary/aromatic N) is 4. The number of phenolic OH excluding ortho intramolecular Hbond substituents is 1. The average molecular weight is 498 g/mol. The van der Waals surface area contributed by atoms with Crippen LogP contribution in [0.25, 0.3) is 22.2 Å². The highest BCUT2D eigenvalue weighted by Gasteiger charge is 2.38. The second kappa shape index (κ2) is 8.90. The number of morpholine rings is 1. The molecule has 0 saturated carbocycles. The van der Waals surface area contributed by atoms with Gasteiger partial charge in [0, 0.05) is 50.0 Å². The van der Waals surface area contributed by atoms with E-state index in [9.17, 15) is 27.1 Å². The van der Waals surface area contributed by atoms with Crippen LogP contribution in [0.3, 0.4) is 0 Å². The van der Waals surface area contributed by atoms with Crippen LogP contribution in [0.2, 0.25) is 0 Å². The number of ether oxygens (including phenoxy) is 2. The van der Waals surface area contributed by atoms with Gasteiger partial charge in [0.25, 0.3) is 0 Å². The number of aromatic nitrogens is 3. The van der Waals surface area contributed by atoms with E-state index in [1.165, 1.54) is 10.9 Å². The van der Waals surface area contributed by atoms with Gasteiger partial charge in [-0.15, -0.1) is 0 Å². The molecule has 1 aromatic carbocycles. The minimum atomic E-state index is -5.13. The number of hydrogen-bond donors (Lipinski definition) is 1. The number of halogens is 5. The number of anilines is 1. The Kier molecular flexibility index (Phi) is 6.04. The number of pyridine rings is 1. The quantitative estimate of drug-likeness (QED) is 0.542. The first kappa shape index (κ1) is 23.7. The van der Waals surface area contributed by atoms with Crippen molar-refractivity contribution in [2.24, 2.45) is 13.0 Å². The molecule has 1 N–H and O–H groups in total. The topological polar surface area (TPSA) is 72.6 Å². The van der Waals surface area contributed by atoms with E-state index in [-0.39, 0.29) is 17.1 Å². The van der Waals surface area contributed by atoms with E-state index in [1.54, 1.807) is 13.1 Å². The fraction of sp³-hybridized carbons (Fsp3) is 0.478. The van der Waals surface area contributed by atoms with Gasteiger partial charge in [0.15, 0.2) is 17.4 Å². The van der Waals surface area contributed by atoms with E-state index in [4.69, 9.17) is 9.47 Å². The number of aryl methyl sites for hydroxylation is 1. The summed E-state index contributed by atoms with van der Waals surface area (Å²) in [7, 11) is 1.56. The lowest BCUT2D eigenvalue weighted by Crippen LogP contribution is -2.47. The minimum absolute atomic E-state index is 0.0777. The van der Waals surface area contributed by atoms with Crippen LogP contribution in [0.1, 0.15) is 18.4 Å². The molecule has 188 valence electrons. The second-order valence-corrected chi connectivity index (χ2v) is 8.87. The molecule has 0 radical (unpaired) electrons. The normalized spacial score (nSPS) is 21.3.